The number of aryl methyl sites for hydroxylation is 1. The van der Waals surface area contributed by atoms with Crippen molar-refractivity contribution in [2.45, 2.75) is 38.9 Å². The Hall–Kier alpha value is -3.85. The highest BCUT2D eigenvalue weighted by Crippen LogP contribution is 2.27. The molecule has 1 amide bonds. The third kappa shape index (κ3) is 4.28. The number of hydrogen-bond acceptors (Lipinski definition) is 2. The number of amides is 1. The van der Waals surface area contributed by atoms with Gasteiger partial charge in [0.2, 0.25) is 5.96 Å². The van der Waals surface area contributed by atoms with Gasteiger partial charge < -0.3 is 5.32 Å². The summed E-state index contributed by atoms with van der Waals surface area (Å²) < 4.78 is 14.9. The van der Waals surface area contributed by atoms with Crippen molar-refractivity contribution in [2.75, 3.05) is 0 Å². The van der Waals surface area contributed by atoms with Crippen LogP contribution in [0.4, 0.5) is 4.39 Å². The number of hydrazine groups is 1. The Balaban J connectivity index is 1.56. The monoisotopic (exact) mass is 428 g/mol. The van der Waals surface area contributed by atoms with Crippen LogP contribution < -0.4 is 10.7 Å². The molecule has 2 aromatic carbocycles. The van der Waals surface area contributed by atoms with E-state index in [2.05, 4.69) is 21.7 Å². The van der Waals surface area contributed by atoms with Crippen molar-refractivity contribution in [1.82, 2.24) is 15.8 Å². The number of nitrogens with zero attached hydrogens (tertiary/aromatic N) is 2. The zero-order chi connectivity index (χ0) is 22.7. The van der Waals surface area contributed by atoms with Gasteiger partial charge in [-0.2, -0.15) is 0 Å². The molecule has 2 aromatic rings. The van der Waals surface area contributed by atoms with E-state index < -0.39 is 0 Å². The van der Waals surface area contributed by atoms with E-state index in [1.165, 1.54) is 5.56 Å². The third-order valence-electron chi connectivity index (χ3n) is 5.80. The molecule has 2 aliphatic rings. The van der Waals surface area contributed by atoms with Crippen LogP contribution in [-0.2, 0) is 11.3 Å². The van der Waals surface area contributed by atoms with Crippen LogP contribution >= 0.6 is 0 Å². The first-order valence-corrected chi connectivity index (χ1v) is 10.5. The molecule has 2 atom stereocenters. The molecule has 0 aromatic heterocycles. The minimum Gasteiger partial charge on any atom is -0.346 e. The predicted octanol–water partition coefficient (Wildman–Crippen LogP) is 3.79. The summed E-state index contributed by atoms with van der Waals surface area (Å²) in [6, 6.07) is 11.1. The van der Waals surface area contributed by atoms with Crippen LogP contribution in [0.3, 0.4) is 0 Å². The van der Waals surface area contributed by atoms with Crippen LogP contribution in [-0.4, -0.2) is 29.0 Å². The number of carbonyl (C=O) groups is 1. The molecule has 2 unspecified atom stereocenters. The van der Waals surface area contributed by atoms with Crippen molar-refractivity contribution < 1.29 is 9.18 Å². The Labute approximate surface area is 187 Å². The summed E-state index contributed by atoms with van der Waals surface area (Å²) in [5.74, 6) is 2.20. The molecule has 1 aliphatic heterocycles. The molecule has 1 saturated heterocycles. The highest BCUT2D eigenvalue weighted by atomic mass is 19.1. The summed E-state index contributed by atoms with van der Waals surface area (Å²) in [6.45, 7) is 4.22. The quantitative estimate of drug-likeness (QED) is 0.713. The first kappa shape index (κ1) is 21.4. The van der Waals surface area contributed by atoms with Crippen molar-refractivity contribution in [3.8, 4) is 23.5 Å². The Morgan fingerprint density at radius 3 is 2.84 bits per heavy atom. The van der Waals surface area contributed by atoms with Crippen molar-refractivity contribution in [2.24, 2.45) is 4.99 Å². The molecular weight excluding hydrogens is 403 g/mol. The number of benzene rings is 2. The smallest absolute Gasteiger partial charge is 0.250 e. The predicted molar refractivity (Wildman–Crippen MR) is 125 cm³/mol. The number of aliphatic imine (C=N–C) groups is 1. The minimum absolute atomic E-state index is 0.0326. The van der Waals surface area contributed by atoms with Crippen LogP contribution in [0, 0.1) is 32.0 Å². The van der Waals surface area contributed by atoms with E-state index in [1.807, 2.05) is 62.4 Å². The summed E-state index contributed by atoms with van der Waals surface area (Å²) in [5.41, 5.74) is 7.44. The maximum atomic E-state index is 14.9. The summed E-state index contributed by atoms with van der Waals surface area (Å²) in [5, 5.41) is 4.94. The fraction of sp³-hybridized carbons (Fsp3) is 0.231. The third-order valence-corrected chi connectivity index (χ3v) is 5.80. The molecule has 32 heavy (non-hydrogen) atoms. The number of fused-ring (bicyclic) bond motifs is 1. The number of hydrogen-bond donors (Lipinski definition) is 2. The zero-order valence-corrected chi connectivity index (χ0v) is 18.1. The highest BCUT2D eigenvalue weighted by Gasteiger charge is 2.36. The average molecular weight is 429 g/mol. The standard InChI is InChI=1S/C26H25FN4O/c1-4-8-25(32)30-31-24-12-6-5-11-23(24)29-26(31)28-16-20-14-13-19(15-22(20)27)21-10-7-9-17(2)18(21)3/h1,5-7,9-15,23-24H,8,16H2,2-3H3,(H,28,29)(H,30,32). The van der Waals surface area contributed by atoms with Gasteiger partial charge in [0, 0.05) is 5.56 Å². The fourth-order valence-electron chi connectivity index (χ4n) is 3.92. The molecule has 0 spiro atoms. The normalized spacial score (nSPS) is 20.1. The van der Waals surface area contributed by atoms with E-state index >= 15 is 0 Å². The van der Waals surface area contributed by atoms with Crippen LogP contribution in [0.5, 0.6) is 0 Å². The maximum Gasteiger partial charge on any atom is 0.250 e. The molecule has 4 rings (SSSR count). The Kier molecular flexibility index (Phi) is 6.09. The van der Waals surface area contributed by atoms with Gasteiger partial charge in [0.05, 0.1) is 25.0 Å². The van der Waals surface area contributed by atoms with Gasteiger partial charge in [-0.15, -0.1) is 6.42 Å². The van der Waals surface area contributed by atoms with E-state index in [4.69, 9.17) is 6.42 Å². The van der Waals surface area contributed by atoms with Crippen LogP contribution in [0.2, 0.25) is 0 Å². The maximum absolute atomic E-state index is 14.9. The van der Waals surface area contributed by atoms with Gasteiger partial charge in [0.1, 0.15) is 5.82 Å². The van der Waals surface area contributed by atoms with Crippen LogP contribution in [0.1, 0.15) is 23.1 Å². The molecule has 6 heteroatoms. The van der Waals surface area contributed by atoms with E-state index in [0.717, 1.165) is 16.7 Å². The van der Waals surface area contributed by atoms with Gasteiger partial charge in [-0.25, -0.2) is 14.4 Å². The summed E-state index contributed by atoms with van der Waals surface area (Å²) >= 11 is 0. The van der Waals surface area contributed by atoms with Gasteiger partial charge in [-0.1, -0.05) is 60.6 Å². The number of rotatable bonds is 5. The average Bonchev–Trinajstić information content (AvgIpc) is 3.12. The molecule has 0 bridgehead atoms. The molecule has 2 N–H and O–H groups in total. The molecule has 0 radical (unpaired) electrons. The molecule has 5 nitrogen and oxygen atoms in total. The lowest BCUT2D eigenvalue weighted by Gasteiger charge is -2.25. The van der Waals surface area contributed by atoms with Gasteiger partial charge in [0.15, 0.2) is 0 Å². The van der Waals surface area contributed by atoms with E-state index in [1.54, 1.807) is 17.1 Å². The first-order chi connectivity index (χ1) is 15.5. The van der Waals surface area contributed by atoms with Gasteiger partial charge in [-0.3, -0.25) is 10.2 Å². The van der Waals surface area contributed by atoms with Crippen molar-refractivity contribution in [3.63, 3.8) is 0 Å². The van der Waals surface area contributed by atoms with Crippen molar-refractivity contribution in [1.29, 1.82) is 0 Å². The number of halogens is 1. The SMILES string of the molecule is C#CCC(=O)NN1C(=NCc2ccc(-c3cccc(C)c3C)cc2F)NC2C=CC=CC21. The molecule has 0 saturated carbocycles. The second kappa shape index (κ2) is 9.11. The number of carbonyl (C=O) groups excluding carboxylic acids is 1. The second-order valence-electron chi connectivity index (χ2n) is 7.91. The van der Waals surface area contributed by atoms with E-state index in [0.29, 0.717) is 11.5 Å². The highest BCUT2D eigenvalue weighted by molar-refractivity contribution is 5.88. The zero-order valence-electron chi connectivity index (χ0n) is 18.1. The van der Waals surface area contributed by atoms with Crippen molar-refractivity contribution in [3.05, 3.63) is 83.2 Å². The number of terminal acetylenes is 1. The van der Waals surface area contributed by atoms with Crippen molar-refractivity contribution >= 4 is 11.9 Å². The molecule has 162 valence electrons. The molecule has 1 fully saturated rings. The molecule has 1 heterocycles. The lowest BCUT2D eigenvalue weighted by Crippen LogP contribution is -2.49. The van der Waals surface area contributed by atoms with Crippen LogP contribution in [0.15, 0.2) is 65.7 Å². The first-order valence-electron chi connectivity index (χ1n) is 10.5. The van der Waals surface area contributed by atoms with E-state index in [9.17, 15) is 9.18 Å². The number of guanidine groups is 1. The molecule has 1 aliphatic carbocycles. The topological polar surface area (TPSA) is 56.7 Å². The van der Waals surface area contributed by atoms with Gasteiger partial charge in [-0.05, 0) is 42.2 Å². The Morgan fingerprint density at radius 1 is 1.25 bits per heavy atom. The summed E-state index contributed by atoms with van der Waals surface area (Å²) in [4.78, 5) is 16.7. The summed E-state index contributed by atoms with van der Waals surface area (Å²) in [7, 11) is 0. The van der Waals surface area contributed by atoms with E-state index in [-0.39, 0.29) is 36.8 Å². The molecular formula is C26H25FN4O. The van der Waals surface area contributed by atoms with Gasteiger partial charge >= 0.3 is 0 Å². The number of allylic oxidation sites excluding steroid dienone is 2. The number of nitrogens with one attached hydrogen (secondary N) is 2. The summed E-state index contributed by atoms with van der Waals surface area (Å²) in [6.07, 6.45) is 13.0. The lowest BCUT2D eigenvalue weighted by molar-refractivity contribution is -0.123. The van der Waals surface area contributed by atoms with Crippen LogP contribution in [0.25, 0.3) is 11.1 Å². The lowest BCUT2D eigenvalue weighted by atomic mass is 9.96. The second-order valence-corrected chi connectivity index (χ2v) is 7.91. The Morgan fingerprint density at radius 2 is 2.06 bits per heavy atom. The van der Waals surface area contributed by atoms with Gasteiger partial charge in [0.25, 0.3) is 5.91 Å². The fourth-order valence-corrected chi connectivity index (χ4v) is 3.92. The minimum atomic E-state index is -0.314. The Bertz CT molecular complexity index is 1170. The largest absolute Gasteiger partial charge is 0.346 e.